The summed E-state index contributed by atoms with van der Waals surface area (Å²) in [5.41, 5.74) is 0. The number of thiocarbonyl (C=S) groups is 1. The van der Waals surface area contributed by atoms with Gasteiger partial charge in [-0.05, 0) is 24.3 Å². The fraction of sp³-hybridized carbons (Fsp3) is 0.133. The van der Waals surface area contributed by atoms with Gasteiger partial charge in [-0.2, -0.15) is 0 Å². The van der Waals surface area contributed by atoms with E-state index < -0.39 is 0 Å². The molecular weight excluding hydrogens is 244 g/mol. The summed E-state index contributed by atoms with van der Waals surface area (Å²) in [5, 5.41) is 0.0948. The van der Waals surface area contributed by atoms with E-state index in [4.69, 9.17) is 21.7 Å². The van der Waals surface area contributed by atoms with E-state index in [1.807, 2.05) is 74.5 Å². The molecule has 2 rings (SSSR count). The quantitative estimate of drug-likeness (QED) is 0.743. The minimum absolute atomic E-state index is 0.0948. The normalized spacial score (nSPS) is 8.78. The molecule has 0 aliphatic heterocycles. The Labute approximate surface area is 113 Å². The van der Waals surface area contributed by atoms with Crippen LogP contribution in [0.2, 0.25) is 0 Å². The molecule has 0 radical (unpaired) electrons. The smallest absolute Gasteiger partial charge is 0.363 e. The monoisotopic (exact) mass is 260 g/mol. The van der Waals surface area contributed by atoms with Crippen molar-refractivity contribution in [3.63, 3.8) is 0 Å². The summed E-state index contributed by atoms with van der Waals surface area (Å²) in [6.07, 6.45) is 0. The molecule has 0 N–H and O–H groups in total. The molecule has 3 heteroatoms. The average molecular weight is 260 g/mol. The first-order valence-corrected chi connectivity index (χ1v) is 6.25. The maximum Gasteiger partial charge on any atom is 0.363 e. The Kier molecular flexibility index (Phi) is 6.51. The first kappa shape index (κ1) is 14.2. The van der Waals surface area contributed by atoms with Gasteiger partial charge in [-0.15, -0.1) is 0 Å². The third-order valence-electron chi connectivity index (χ3n) is 1.89. The number of hydrogen-bond donors (Lipinski definition) is 0. The minimum atomic E-state index is 0.0948. The summed E-state index contributed by atoms with van der Waals surface area (Å²) >= 11 is 4.97. The number of benzene rings is 2. The molecule has 0 aromatic heterocycles. The van der Waals surface area contributed by atoms with Gasteiger partial charge in [0.1, 0.15) is 11.5 Å². The molecule has 0 bridgehead atoms. The molecule has 0 aliphatic carbocycles. The molecule has 2 nitrogen and oxygen atoms in total. The average Bonchev–Trinajstić information content (AvgIpc) is 2.43. The molecule has 0 aliphatic rings. The Balaban J connectivity index is 0.000000771. The number of ether oxygens (including phenoxy) is 2. The van der Waals surface area contributed by atoms with Gasteiger partial charge in [0.2, 0.25) is 0 Å². The van der Waals surface area contributed by atoms with Crippen LogP contribution < -0.4 is 9.47 Å². The second-order valence-electron chi connectivity index (χ2n) is 3.08. The van der Waals surface area contributed by atoms with E-state index >= 15 is 0 Å². The van der Waals surface area contributed by atoms with Crippen LogP contribution in [-0.2, 0) is 0 Å². The number of para-hydroxylation sites is 2. The molecule has 18 heavy (non-hydrogen) atoms. The topological polar surface area (TPSA) is 18.5 Å². The zero-order valence-electron chi connectivity index (χ0n) is 10.5. The summed E-state index contributed by atoms with van der Waals surface area (Å²) < 4.78 is 10.7. The van der Waals surface area contributed by atoms with Crippen molar-refractivity contribution in [1.29, 1.82) is 0 Å². The molecule has 0 heterocycles. The predicted molar refractivity (Wildman–Crippen MR) is 78.1 cm³/mol. The van der Waals surface area contributed by atoms with E-state index in [0.717, 1.165) is 0 Å². The van der Waals surface area contributed by atoms with Gasteiger partial charge in [-0.3, -0.25) is 0 Å². The Morgan fingerprint density at radius 3 is 1.39 bits per heavy atom. The van der Waals surface area contributed by atoms with Gasteiger partial charge < -0.3 is 9.47 Å². The van der Waals surface area contributed by atoms with Gasteiger partial charge in [0, 0.05) is 12.2 Å². The minimum Gasteiger partial charge on any atom is -0.417 e. The van der Waals surface area contributed by atoms with Gasteiger partial charge in [-0.1, -0.05) is 50.2 Å². The van der Waals surface area contributed by atoms with Gasteiger partial charge in [0.05, 0.1) is 0 Å². The molecule has 94 valence electrons. The van der Waals surface area contributed by atoms with E-state index in [1.165, 1.54) is 0 Å². The van der Waals surface area contributed by atoms with Crippen LogP contribution in [0.1, 0.15) is 13.8 Å². The highest BCUT2D eigenvalue weighted by molar-refractivity contribution is 7.79. The van der Waals surface area contributed by atoms with Gasteiger partial charge >= 0.3 is 5.24 Å². The van der Waals surface area contributed by atoms with Crippen LogP contribution in [0.5, 0.6) is 11.5 Å². The summed E-state index contributed by atoms with van der Waals surface area (Å²) in [6.45, 7) is 4.00. The van der Waals surface area contributed by atoms with E-state index in [9.17, 15) is 0 Å². The van der Waals surface area contributed by atoms with Crippen LogP contribution in [0.4, 0.5) is 0 Å². The van der Waals surface area contributed by atoms with E-state index in [1.54, 1.807) is 0 Å². The lowest BCUT2D eigenvalue weighted by Crippen LogP contribution is -2.13. The molecule has 0 fully saturated rings. The molecule has 2 aromatic rings. The van der Waals surface area contributed by atoms with Crippen molar-refractivity contribution in [2.45, 2.75) is 13.8 Å². The Hall–Kier alpha value is -1.87. The zero-order chi connectivity index (χ0) is 13.2. The van der Waals surface area contributed by atoms with Crippen LogP contribution >= 0.6 is 12.2 Å². The molecule has 0 unspecified atom stereocenters. The lowest BCUT2D eigenvalue weighted by atomic mass is 10.3. The van der Waals surface area contributed by atoms with Crippen molar-refractivity contribution in [1.82, 2.24) is 0 Å². The van der Waals surface area contributed by atoms with Crippen LogP contribution in [0.25, 0.3) is 0 Å². The molecule has 0 spiro atoms. The highest BCUT2D eigenvalue weighted by Crippen LogP contribution is 2.13. The largest absolute Gasteiger partial charge is 0.417 e. The number of hydrogen-bond acceptors (Lipinski definition) is 3. The lowest BCUT2D eigenvalue weighted by Gasteiger charge is -2.07. The Bertz CT molecular complexity index is 411. The number of rotatable bonds is 2. The third-order valence-corrected chi connectivity index (χ3v) is 2.06. The van der Waals surface area contributed by atoms with Crippen LogP contribution in [0.3, 0.4) is 0 Å². The Morgan fingerprint density at radius 2 is 1.06 bits per heavy atom. The van der Waals surface area contributed by atoms with Crippen molar-refractivity contribution in [2.24, 2.45) is 0 Å². The molecule has 0 atom stereocenters. The maximum absolute atomic E-state index is 5.33. The van der Waals surface area contributed by atoms with Crippen LogP contribution in [-0.4, -0.2) is 5.24 Å². The molecule has 0 saturated heterocycles. The molecule has 0 saturated carbocycles. The third kappa shape index (κ3) is 4.97. The van der Waals surface area contributed by atoms with Crippen molar-refractivity contribution in [3.05, 3.63) is 60.7 Å². The summed E-state index contributed by atoms with van der Waals surface area (Å²) in [5.74, 6) is 1.34. The SMILES string of the molecule is CC.S=C(Oc1ccccc1)Oc1ccccc1. The van der Waals surface area contributed by atoms with Gasteiger partial charge in [-0.25, -0.2) is 0 Å². The summed E-state index contributed by atoms with van der Waals surface area (Å²) in [4.78, 5) is 0. The maximum atomic E-state index is 5.33. The molecule has 2 aromatic carbocycles. The summed E-state index contributed by atoms with van der Waals surface area (Å²) in [7, 11) is 0. The van der Waals surface area contributed by atoms with Crippen LogP contribution in [0, 0.1) is 0 Å². The highest BCUT2D eigenvalue weighted by Gasteiger charge is 2.01. The Morgan fingerprint density at radius 1 is 0.722 bits per heavy atom. The first-order valence-electron chi connectivity index (χ1n) is 5.84. The highest BCUT2D eigenvalue weighted by atomic mass is 32.1. The first-order chi connectivity index (χ1) is 8.84. The summed E-state index contributed by atoms with van der Waals surface area (Å²) in [6, 6.07) is 18.6. The van der Waals surface area contributed by atoms with Crippen LogP contribution in [0.15, 0.2) is 60.7 Å². The second-order valence-corrected chi connectivity index (χ2v) is 3.41. The van der Waals surface area contributed by atoms with Gasteiger partial charge in [0.25, 0.3) is 0 Å². The van der Waals surface area contributed by atoms with Crippen molar-refractivity contribution in [2.75, 3.05) is 0 Å². The standard InChI is InChI=1S/C13H10O2S.C2H6/c16-13(14-11-7-3-1-4-8-11)15-12-9-5-2-6-10-12;1-2/h1-10H;1-2H3. The fourth-order valence-corrected chi connectivity index (χ4v) is 1.38. The van der Waals surface area contributed by atoms with Crippen molar-refractivity contribution >= 4 is 17.5 Å². The second kappa shape index (κ2) is 8.25. The van der Waals surface area contributed by atoms with E-state index in [0.29, 0.717) is 11.5 Å². The van der Waals surface area contributed by atoms with E-state index in [-0.39, 0.29) is 5.24 Å². The predicted octanol–water partition coefficient (Wildman–Crippen LogP) is 4.46. The van der Waals surface area contributed by atoms with E-state index in [2.05, 4.69) is 0 Å². The molecular formula is C15H16O2S. The fourth-order valence-electron chi connectivity index (χ4n) is 1.19. The van der Waals surface area contributed by atoms with Gasteiger partial charge in [0.15, 0.2) is 0 Å². The molecule has 0 amide bonds. The van der Waals surface area contributed by atoms with Crippen molar-refractivity contribution in [3.8, 4) is 11.5 Å². The van der Waals surface area contributed by atoms with Crippen molar-refractivity contribution < 1.29 is 9.47 Å². The zero-order valence-corrected chi connectivity index (χ0v) is 11.3. The lowest BCUT2D eigenvalue weighted by molar-refractivity contribution is 0.403.